The van der Waals surface area contributed by atoms with E-state index in [4.69, 9.17) is 18.9 Å². The molecule has 2 heterocycles. The summed E-state index contributed by atoms with van der Waals surface area (Å²) in [5.41, 5.74) is 2.27. The van der Waals surface area contributed by atoms with Crippen molar-refractivity contribution in [1.82, 2.24) is 9.80 Å². The average molecular weight is 398 g/mol. The summed E-state index contributed by atoms with van der Waals surface area (Å²) in [5, 5.41) is 0. The molecule has 0 N–H and O–H groups in total. The van der Waals surface area contributed by atoms with Crippen molar-refractivity contribution in [2.45, 2.75) is 13.5 Å². The molecule has 0 aromatic heterocycles. The van der Waals surface area contributed by atoms with Gasteiger partial charge in [0.15, 0.2) is 29.6 Å². The van der Waals surface area contributed by atoms with E-state index in [2.05, 4.69) is 11.0 Å². The lowest BCUT2D eigenvalue weighted by Crippen LogP contribution is -2.49. The van der Waals surface area contributed by atoms with Gasteiger partial charge in [-0.2, -0.15) is 0 Å². The lowest BCUT2D eigenvalue weighted by Gasteiger charge is -2.34. The van der Waals surface area contributed by atoms with Crippen molar-refractivity contribution in [3.05, 3.63) is 47.5 Å². The van der Waals surface area contributed by atoms with Crippen LogP contribution in [-0.4, -0.2) is 62.4 Å². The van der Waals surface area contributed by atoms with Gasteiger partial charge < -0.3 is 23.8 Å². The first-order valence-corrected chi connectivity index (χ1v) is 9.78. The maximum absolute atomic E-state index is 12.5. The molecule has 0 unspecified atom stereocenters. The van der Waals surface area contributed by atoms with Gasteiger partial charge >= 0.3 is 0 Å². The zero-order valence-electron chi connectivity index (χ0n) is 16.8. The van der Waals surface area contributed by atoms with E-state index in [1.165, 1.54) is 5.56 Å². The molecule has 29 heavy (non-hydrogen) atoms. The zero-order chi connectivity index (χ0) is 20.2. The molecule has 2 aromatic carbocycles. The van der Waals surface area contributed by atoms with E-state index in [9.17, 15) is 4.79 Å². The first kappa shape index (κ1) is 19.4. The molecule has 4 rings (SSSR count). The van der Waals surface area contributed by atoms with Crippen LogP contribution < -0.4 is 18.9 Å². The van der Waals surface area contributed by atoms with Crippen molar-refractivity contribution in [2.75, 3.05) is 46.7 Å². The third kappa shape index (κ3) is 4.56. The Morgan fingerprint density at radius 3 is 2.59 bits per heavy atom. The molecular weight excluding hydrogens is 372 g/mol. The van der Waals surface area contributed by atoms with Crippen LogP contribution in [0.15, 0.2) is 36.4 Å². The van der Waals surface area contributed by atoms with Crippen LogP contribution in [0.4, 0.5) is 0 Å². The number of hydrogen-bond donors (Lipinski definition) is 0. The third-order valence-electron chi connectivity index (χ3n) is 5.24. The van der Waals surface area contributed by atoms with Crippen LogP contribution in [0, 0.1) is 6.92 Å². The number of rotatable bonds is 6. The molecule has 0 spiro atoms. The van der Waals surface area contributed by atoms with Crippen LogP contribution in [0.1, 0.15) is 11.1 Å². The van der Waals surface area contributed by atoms with Crippen molar-refractivity contribution in [3.8, 4) is 23.0 Å². The maximum atomic E-state index is 12.5. The van der Waals surface area contributed by atoms with Gasteiger partial charge in [0.2, 0.25) is 6.79 Å². The molecular formula is C22H26N2O5. The minimum Gasteiger partial charge on any atom is -0.493 e. The molecule has 7 nitrogen and oxygen atoms in total. The van der Waals surface area contributed by atoms with E-state index in [1.807, 2.05) is 42.2 Å². The second-order valence-corrected chi connectivity index (χ2v) is 7.29. The molecule has 2 aromatic rings. The smallest absolute Gasteiger partial charge is 0.260 e. The summed E-state index contributed by atoms with van der Waals surface area (Å²) in [7, 11) is 1.60. The topological polar surface area (TPSA) is 60.5 Å². The minimum atomic E-state index is -0.00430. The number of nitrogens with zero attached hydrogens (tertiary/aromatic N) is 2. The number of carbonyl (C=O) groups is 1. The molecule has 7 heteroatoms. The quantitative estimate of drug-likeness (QED) is 0.745. The van der Waals surface area contributed by atoms with Crippen molar-refractivity contribution in [3.63, 3.8) is 0 Å². The number of methoxy groups -OCH3 is 1. The Balaban J connectivity index is 1.25. The largest absolute Gasteiger partial charge is 0.493 e. The summed E-state index contributed by atoms with van der Waals surface area (Å²) in [4.78, 5) is 16.7. The summed E-state index contributed by atoms with van der Waals surface area (Å²) in [6.45, 7) is 6.16. The lowest BCUT2D eigenvalue weighted by atomic mass is 10.1. The van der Waals surface area contributed by atoms with E-state index in [1.54, 1.807) is 7.11 Å². The Hall–Kier alpha value is -2.93. The molecule has 0 radical (unpaired) electrons. The standard InChI is InChI=1S/C22H26N2O5/c1-16-3-5-18(20(11-16)26-2)27-14-22(25)24-9-7-23(8-10-24)13-17-4-6-19-21(12-17)29-15-28-19/h3-6,11-12H,7-10,13-15H2,1-2H3. The second-order valence-electron chi connectivity index (χ2n) is 7.29. The third-order valence-corrected chi connectivity index (χ3v) is 5.24. The van der Waals surface area contributed by atoms with Gasteiger partial charge in [0.05, 0.1) is 7.11 Å². The van der Waals surface area contributed by atoms with E-state index < -0.39 is 0 Å². The molecule has 0 aliphatic carbocycles. The Kier molecular flexibility index (Phi) is 5.76. The monoisotopic (exact) mass is 398 g/mol. The molecule has 2 aliphatic rings. The van der Waals surface area contributed by atoms with Crippen LogP contribution >= 0.6 is 0 Å². The Bertz CT molecular complexity index is 878. The van der Waals surface area contributed by atoms with E-state index in [0.29, 0.717) is 24.6 Å². The van der Waals surface area contributed by atoms with Crippen LogP contribution in [-0.2, 0) is 11.3 Å². The van der Waals surface area contributed by atoms with Gasteiger partial charge in [0, 0.05) is 32.7 Å². The fraction of sp³-hybridized carbons (Fsp3) is 0.409. The van der Waals surface area contributed by atoms with Crippen LogP contribution in [0.2, 0.25) is 0 Å². The molecule has 2 aliphatic heterocycles. The number of carbonyl (C=O) groups excluding carboxylic acids is 1. The highest BCUT2D eigenvalue weighted by molar-refractivity contribution is 5.78. The Labute approximate surface area is 170 Å². The second kappa shape index (κ2) is 8.61. The number of ether oxygens (including phenoxy) is 4. The summed E-state index contributed by atoms with van der Waals surface area (Å²) < 4.78 is 21.8. The van der Waals surface area contributed by atoms with E-state index >= 15 is 0 Å². The lowest BCUT2D eigenvalue weighted by molar-refractivity contribution is -0.135. The predicted molar refractivity (Wildman–Crippen MR) is 108 cm³/mol. The normalized spacial score (nSPS) is 16.0. The molecule has 1 amide bonds. The molecule has 1 saturated heterocycles. The number of benzene rings is 2. The summed E-state index contributed by atoms with van der Waals surface area (Å²) in [6.07, 6.45) is 0. The van der Waals surface area contributed by atoms with E-state index in [0.717, 1.165) is 36.7 Å². The highest BCUT2D eigenvalue weighted by Crippen LogP contribution is 2.33. The van der Waals surface area contributed by atoms with Crippen LogP contribution in [0.5, 0.6) is 23.0 Å². The zero-order valence-corrected chi connectivity index (χ0v) is 16.8. The maximum Gasteiger partial charge on any atom is 0.260 e. The predicted octanol–water partition coefficient (Wildman–Crippen LogP) is 2.46. The van der Waals surface area contributed by atoms with Crippen molar-refractivity contribution in [1.29, 1.82) is 0 Å². The van der Waals surface area contributed by atoms with Gasteiger partial charge in [-0.1, -0.05) is 12.1 Å². The number of aryl methyl sites for hydroxylation is 1. The number of piperazine rings is 1. The number of hydrogen-bond acceptors (Lipinski definition) is 6. The van der Waals surface area contributed by atoms with Crippen molar-refractivity contribution < 1.29 is 23.7 Å². The summed E-state index contributed by atoms with van der Waals surface area (Å²) >= 11 is 0. The van der Waals surface area contributed by atoms with Gasteiger partial charge in [-0.05, 0) is 42.3 Å². The number of amides is 1. The van der Waals surface area contributed by atoms with Crippen molar-refractivity contribution in [2.24, 2.45) is 0 Å². The highest BCUT2D eigenvalue weighted by atomic mass is 16.7. The fourth-order valence-electron chi connectivity index (χ4n) is 3.58. The Morgan fingerprint density at radius 1 is 1.00 bits per heavy atom. The van der Waals surface area contributed by atoms with E-state index in [-0.39, 0.29) is 19.3 Å². The Morgan fingerprint density at radius 2 is 1.79 bits per heavy atom. The van der Waals surface area contributed by atoms with Crippen LogP contribution in [0.25, 0.3) is 0 Å². The summed E-state index contributed by atoms with van der Waals surface area (Å²) in [6, 6.07) is 11.7. The van der Waals surface area contributed by atoms with Crippen molar-refractivity contribution >= 4 is 5.91 Å². The van der Waals surface area contributed by atoms with Gasteiger partial charge in [0.25, 0.3) is 5.91 Å². The minimum absolute atomic E-state index is 0.00430. The molecule has 1 fully saturated rings. The molecule has 154 valence electrons. The van der Waals surface area contributed by atoms with Crippen LogP contribution in [0.3, 0.4) is 0 Å². The van der Waals surface area contributed by atoms with Gasteiger partial charge in [0.1, 0.15) is 0 Å². The van der Waals surface area contributed by atoms with Gasteiger partial charge in [-0.3, -0.25) is 9.69 Å². The first-order chi connectivity index (χ1) is 14.1. The molecule has 0 saturated carbocycles. The molecule has 0 atom stereocenters. The highest BCUT2D eigenvalue weighted by Gasteiger charge is 2.22. The van der Waals surface area contributed by atoms with Gasteiger partial charge in [-0.25, -0.2) is 0 Å². The summed E-state index contributed by atoms with van der Waals surface area (Å²) in [5.74, 6) is 2.84. The first-order valence-electron chi connectivity index (χ1n) is 9.78. The fourth-order valence-corrected chi connectivity index (χ4v) is 3.58. The van der Waals surface area contributed by atoms with Gasteiger partial charge in [-0.15, -0.1) is 0 Å². The SMILES string of the molecule is COc1cc(C)ccc1OCC(=O)N1CCN(Cc2ccc3c(c2)OCO3)CC1. The molecule has 0 bridgehead atoms. The average Bonchev–Trinajstić information content (AvgIpc) is 3.21. The number of fused-ring (bicyclic) bond motifs is 1.